The predicted molar refractivity (Wildman–Crippen MR) is 87.1 cm³/mol. The molecule has 2 aromatic rings. The van der Waals surface area contributed by atoms with E-state index in [1.807, 2.05) is 47.4 Å². The topological polar surface area (TPSA) is 54.3 Å². The summed E-state index contributed by atoms with van der Waals surface area (Å²) in [5, 5.41) is 11.6. The van der Waals surface area contributed by atoms with E-state index >= 15 is 0 Å². The molecule has 0 unspecified atom stereocenters. The quantitative estimate of drug-likeness (QED) is 0.942. The SMILES string of the molecule is COc1ccc([C@@]2(O)c3ccccc3C3=NCCN32)cc1OC. The molecule has 0 aromatic heterocycles. The predicted octanol–water partition coefficient (Wildman–Crippen LogP) is 1.97. The minimum atomic E-state index is -1.23. The van der Waals surface area contributed by atoms with Crippen LogP contribution >= 0.6 is 0 Å². The summed E-state index contributed by atoms with van der Waals surface area (Å²) in [7, 11) is 3.19. The number of aliphatic hydroxyl groups is 1. The van der Waals surface area contributed by atoms with Crippen molar-refractivity contribution in [3.8, 4) is 11.5 Å². The first-order valence-electron chi connectivity index (χ1n) is 7.57. The number of hydrogen-bond donors (Lipinski definition) is 1. The monoisotopic (exact) mass is 310 g/mol. The van der Waals surface area contributed by atoms with E-state index in [2.05, 4.69) is 4.99 Å². The molecule has 2 aliphatic rings. The highest BCUT2D eigenvalue weighted by molar-refractivity contribution is 6.05. The average Bonchev–Trinajstić information content (AvgIpc) is 3.18. The number of methoxy groups -OCH3 is 2. The van der Waals surface area contributed by atoms with Gasteiger partial charge in [-0.3, -0.25) is 4.99 Å². The second-order valence-corrected chi connectivity index (χ2v) is 5.64. The Kier molecular flexibility index (Phi) is 3.06. The molecule has 2 aromatic carbocycles. The Morgan fingerprint density at radius 2 is 1.87 bits per heavy atom. The maximum absolute atomic E-state index is 11.6. The first kappa shape index (κ1) is 14.1. The van der Waals surface area contributed by atoms with Crippen LogP contribution in [0.2, 0.25) is 0 Å². The van der Waals surface area contributed by atoms with Gasteiger partial charge in [-0.2, -0.15) is 0 Å². The van der Waals surface area contributed by atoms with Gasteiger partial charge in [-0.1, -0.05) is 24.3 Å². The van der Waals surface area contributed by atoms with Crippen LogP contribution in [0.1, 0.15) is 16.7 Å². The lowest BCUT2D eigenvalue weighted by atomic mass is 9.93. The van der Waals surface area contributed by atoms with Crippen molar-refractivity contribution in [2.75, 3.05) is 27.3 Å². The second kappa shape index (κ2) is 4.99. The second-order valence-electron chi connectivity index (χ2n) is 5.64. The lowest BCUT2D eigenvalue weighted by Gasteiger charge is -2.34. The molecule has 1 atom stereocenters. The number of amidine groups is 1. The van der Waals surface area contributed by atoms with Crippen molar-refractivity contribution in [3.63, 3.8) is 0 Å². The molecule has 4 rings (SSSR count). The van der Waals surface area contributed by atoms with Gasteiger partial charge >= 0.3 is 0 Å². The summed E-state index contributed by atoms with van der Waals surface area (Å²) in [6.45, 7) is 1.38. The van der Waals surface area contributed by atoms with Crippen molar-refractivity contribution in [1.82, 2.24) is 4.90 Å². The maximum atomic E-state index is 11.6. The van der Waals surface area contributed by atoms with Crippen molar-refractivity contribution >= 4 is 5.84 Å². The van der Waals surface area contributed by atoms with Gasteiger partial charge in [-0.25, -0.2) is 0 Å². The van der Waals surface area contributed by atoms with Gasteiger partial charge in [0, 0.05) is 23.2 Å². The smallest absolute Gasteiger partial charge is 0.193 e. The first-order valence-corrected chi connectivity index (χ1v) is 7.57. The number of aliphatic imine (C=N–C) groups is 1. The third-order valence-electron chi connectivity index (χ3n) is 4.56. The Bertz CT molecular complexity index is 803. The lowest BCUT2D eigenvalue weighted by Crippen LogP contribution is -2.43. The summed E-state index contributed by atoms with van der Waals surface area (Å²) < 4.78 is 10.7. The van der Waals surface area contributed by atoms with E-state index in [-0.39, 0.29) is 0 Å². The fraction of sp³-hybridized carbons (Fsp3) is 0.278. The van der Waals surface area contributed by atoms with Crippen LogP contribution < -0.4 is 9.47 Å². The van der Waals surface area contributed by atoms with Gasteiger partial charge in [0.15, 0.2) is 17.2 Å². The summed E-state index contributed by atoms with van der Waals surface area (Å²) in [6, 6.07) is 13.4. The van der Waals surface area contributed by atoms with Gasteiger partial charge in [-0.05, 0) is 18.2 Å². The molecule has 0 saturated heterocycles. The molecule has 0 saturated carbocycles. The number of benzene rings is 2. The molecule has 5 heteroatoms. The molecule has 2 heterocycles. The average molecular weight is 310 g/mol. The van der Waals surface area contributed by atoms with Gasteiger partial charge in [-0.15, -0.1) is 0 Å². The van der Waals surface area contributed by atoms with Gasteiger partial charge in [0.2, 0.25) is 0 Å². The number of rotatable bonds is 3. The van der Waals surface area contributed by atoms with Crippen LogP contribution in [0.15, 0.2) is 47.5 Å². The molecule has 2 aliphatic heterocycles. The van der Waals surface area contributed by atoms with E-state index in [0.717, 1.165) is 22.5 Å². The van der Waals surface area contributed by atoms with Crippen LogP contribution in [0.4, 0.5) is 0 Å². The fourth-order valence-corrected chi connectivity index (χ4v) is 3.48. The van der Waals surface area contributed by atoms with Crippen molar-refractivity contribution in [2.24, 2.45) is 4.99 Å². The molecule has 0 fully saturated rings. The highest BCUT2D eigenvalue weighted by Crippen LogP contribution is 2.45. The van der Waals surface area contributed by atoms with Gasteiger partial charge in [0.25, 0.3) is 0 Å². The molecular formula is C18H18N2O3. The number of hydrogen-bond acceptors (Lipinski definition) is 5. The highest BCUT2D eigenvalue weighted by atomic mass is 16.5. The van der Waals surface area contributed by atoms with Crippen LogP contribution in [0.25, 0.3) is 0 Å². The summed E-state index contributed by atoms with van der Waals surface area (Å²) in [4.78, 5) is 6.52. The normalized spacial score (nSPS) is 21.7. The number of nitrogens with zero attached hydrogens (tertiary/aromatic N) is 2. The largest absolute Gasteiger partial charge is 0.493 e. The zero-order chi connectivity index (χ0) is 16.0. The zero-order valence-electron chi connectivity index (χ0n) is 13.1. The number of fused-ring (bicyclic) bond motifs is 3. The van der Waals surface area contributed by atoms with E-state index in [1.54, 1.807) is 14.2 Å². The molecule has 23 heavy (non-hydrogen) atoms. The Balaban J connectivity index is 1.92. The molecule has 5 nitrogen and oxygen atoms in total. The van der Waals surface area contributed by atoms with E-state index < -0.39 is 5.72 Å². The van der Waals surface area contributed by atoms with Crippen molar-refractivity contribution in [3.05, 3.63) is 59.2 Å². The van der Waals surface area contributed by atoms with Crippen molar-refractivity contribution < 1.29 is 14.6 Å². The Morgan fingerprint density at radius 3 is 2.65 bits per heavy atom. The van der Waals surface area contributed by atoms with E-state index in [1.165, 1.54) is 0 Å². The Labute approximate surface area is 134 Å². The molecule has 1 N–H and O–H groups in total. The summed E-state index contributed by atoms with van der Waals surface area (Å²) >= 11 is 0. The standard InChI is InChI=1S/C18H18N2O3/c1-22-15-8-7-12(11-16(15)23-2)18(21)14-6-4-3-5-13(14)17-19-9-10-20(17)18/h3-8,11,21H,9-10H2,1-2H3/t18-/m1/s1. The Morgan fingerprint density at radius 1 is 1.09 bits per heavy atom. The van der Waals surface area contributed by atoms with Crippen LogP contribution in [0.3, 0.4) is 0 Å². The summed E-state index contributed by atoms with van der Waals surface area (Å²) in [5.41, 5.74) is 1.36. The fourth-order valence-electron chi connectivity index (χ4n) is 3.48. The zero-order valence-corrected chi connectivity index (χ0v) is 13.1. The summed E-state index contributed by atoms with van der Waals surface area (Å²) in [5.74, 6) is 2.10. The minimum absolute atomic E-state index is 0.598. The molecule has 118 valence electrons. The van der Waals surface area contributed by atoms with Crippen molar-refractivity contribution in [2.45, 2.75) is 5.72 Å². The third-order valence-corrected chi connectivity index (χ3v) is 4.56. The van der Waals surface area contributed by atoms with Crippen LogP contribution in [-0.2, 0) is 5.72 Å². The molecule has 0 spiro atoms. The van der Waals surface area contributed by atoms with E-state index in [9.17, 15) is 5.11 Å². The highest BCUT2D eigenvalue weighted by Gasteiger charge is 2.49. The van der Waals surface area contributed by atoms with Gasteiger partial charge < -0.3 is 19.5 Å². The van der Waals surface area contributed by atoms with Crippen LogP contribution in [-0.4, -0.2) is 43.2 Å². The third kappa shape index (κ3) is 1.80. The molecule has 0 aliphatic carbocycles. The Hall–Kier alpha value is -2.53. The van der Waals surface area contributed by atoms with Crippen LogP contribution in [0.5, 0.6) is 11.5 Å². The molecule has 0 radical (unpaired) electrons. The van der Waals surface area contributed by atoms with Gasteiger partial charge in [0.1, 0.15) is 5.84 Å². The molecule has 0 bridgehead atoms. The summed E-state index contributed by atoms with van der Waals surface area (Å²) in [6.07, 6.45) is 0. The van der Waals surface area contributed by atoms with E-state index in [0.29, 0.717) is 24.6 Å². The minimum Gasteiger partial charge on any atom is -0.493 e. The van der Waals surface area contributed by atoms with Crippen molar-refractivity contribution in [1.29, 1.82) is 0 Å². The van der Waals surface area contributed by atoms with Crippen LogP contribution in [0, 0.1) is 0 Å². The van der Waals surface area contributed by atoms with E-state index in [4.69, 9.17) is 9.47 Å². The molecular weight excluding hydrogens is 292 g/mol. The molecule has 0 amide bonds. The first-order chi connectivity index (χ1) is 11.2. The van der Waals surface area contributed by atoms with Gasteiger partial charge in [0.05, 0.1) is 20.8 Å². The lowest BCUT2D eigenvalue weighted by molar-refractivity contribution is -0.0244. The maximum Gasteiger partial charge on any atom is 0.193 e. The number of ether oxygens (including phenoxy) is 2.